The topological polar surface area (TPSA) is 86.7 Å². The Morgan fingerprint density at radius 2 is 2.00 bits per heavy atom. The molecule has 0 bridgehead atoms. The molecule has 0 fully saturated rings. The largest absolute Gasteiger partial charge is 0.395 e. The second kappa shape index (κ2) is 5.28. The quantitative estimate of drug-likeness (QED) is 0.587. The average molecular weight is 224 g/mol. The smallest absolute Gasteiger partial charge is 0.239 e. The second-order valence-electron chi connectivity index (χ2n) is 3.11. The summed E-state index contributed by atoms with van der Waals surface area (Å²) in [5, 5.41) is 8.45. The molecule has 0 aliphatic heterocycles. The van der Waals surface area contributed by atoms with Gasteiger partial charge in [-0.3, -0.25) is 4.79 Å². The first kappa shape index (κ1) is 13.3. The molecule has 0 aromatic heterocycles. The molecule has 0 saturated heterocycles. The summed E-state index contributed by atoms with van der Waals surface area (Å²) in [4.78, 5) is 12.6. The van der Waals surface area contributed by atoms with Crippen LogP contribution in [0, 0.1) is 0 Å². The molecule has 0 rings (SSSR count). The Balaban J connectivity index is 4.32. The van der Waals surface area contributed by atoms with Crippen molar-refractivity contribution >= 4 is 15.9 Å². The van der Waals surface area contributed by atoms with Crippen LogP contribution in [-0.2, 0) is 14.8 Å². The molecule has 0 aromatic rings. The van der Waals surface area contributed by atoms with E-state index >= 15 is 0 Å². The molecular weight excluding hydrogens is 208 g/mol. The van der Waals surface area contributed by atoms with E-state index in [0.29, 0.717) is 0 Å². The van der Waals surface area contributed by atoms with Crippen molar-refractivity contribution in [3.8, 4) is 0 Å². The van der Waals surface area contributed by atoms with E-state index in [0.717, 1.165) is 0 Å². The molecule has 14 heavy (non-hydrogen) atoms. The van der Waals surface area contributed by atoms with Crippen molar-refractivity contribution in [1.82, 2.24) is 9.62 Å². The number of carbonyl (C=O) groups is 1. The second-order valence-corrected chi connectivity index (χ2v) is 4.99. The number of likely N-dealkylation sites (N-methyl/N-ethyl adjacent to an activating group) is 1. The zero-order valence-corrected chi connectivity index (χ0v) is 9.34. The maximum atomic E-state index is 11.3. The molecule has 0 spiro atoms. The van der Waals surface area contributed by atoms with Crippen LogP contribution in [-0.4, -0.2) is 56.8 Å². The third-order valence-electron chi connectivity index (χ3n) is 1.53. The first-order valence-corrected chi connectivity index (χ1v) is 5.77. The minimum absolute atomic E-state index is 0.327. The fraction of sp³-hybridized carbons (Fsp3) is 0.857. The predicted molar refractivity (Wildman–Crippen MR) is 52.2 cm³/mol. The van der Waals surface area contributed by atoms with Gasteiger partial charge in [0.2, 0.25) is 15.9 Å². The molecule has 2 N–H and O–H groups in total. The molecule has 1 amide bonds. The Morgan fingerprint density at radius 1 is 1.50 bits per heavy atom. The zero-order valence-electron chi connectivity index (χ0n) is 8.52. The molecular formula is C7H16N2O4S. The Morgan fingerprint density at radius 3 is 2.36 bits per heavy atom. The average Bonchev–Trinajstić information content (AvgIpc) is 2.01. The fourth-order valence-corrected chi connectivity index (χ4v) is 1.88. The van der Waals surface area contributed by atoms with Gasteiger partial charge in [-0.1, -0.05) is 0 Å². The predicted octanol–water partition coefficient (Wildman–Crippen LogP) is -1.63. The Labute approximate surface area is 84.0 Å². The molecule has 0 heterocycles. The van der Waals surface area contributed by atoms with Crippen molar-refractivity contribution in [3.63, 3.8) is 0 Å². The minimum Gasteiger partial charge on any atom is -0.395 e. The van der Waals surface area contributed by atoms with Crippen LogP contribution in [0.2, 0.25) is 0 Å². The zero-order chi connectivity index (χ0) is 11.4. The van der Waals surface area contributed by atoms with E-state index in [9.17, 15) is 13.2 Å². The SMILES string of the molecule is CC(NS(=O)(=O)CCO)C(=O)N(C)C. The highest BCUT2D eigenvalue weighted by Gasteiger charge is 2.20. The number of carbonyl (C=O) groups excluding carboxylic acids is 1. The molecule has 0 aliphatic carbocycles. The summed E-state index contributed by atoms with van der Waals surface area (Å²) in [5.41, 5.74) is 0. The number of hydrogen-bond acceptors (Lipinski definition) is 4. The Kier molecular flexibility index (Phi) is 5.03. The van der Waals surface area contributed by atoms with Crippen molar-refractivity contribution in [2.24, 2.45) is 0 Å². The van der Waals surface area contributed by atoms with Crippen molar-refractivity contribution in [1.29, 1.82) is 0 Å². The van der Waals surface area contributed by atoms with E-state index in [1.165, 1.54) is 11.8 Å². The molecule has 0 aromatic carbocycles. The van der Waals surface area contributed by atoms with Gasteiger partial charge in [-0.2, -0.15) is 0 Å². The lowest BCUT2D eigenvalue weighted by Gasteiger charge is -2.17. The minimum atomic E-state index is -3.56. The van der Waals surface area contributed by atoms with Gasteiger partial charge < -0.3 is 10.0 Å². The van der Waals surface area contributed by atoms with E-state index in [2.05, 4.69) is 4.72 Å². The maximum Gasteiger partial charge on any atom is 0.239 e. The molecule has 0 radical (unpaired) electrons. The fourth-order valence-electron chi connectivity index (χ4n) is 0.886. The van der Waals surface area contributed by atoms with E-state index in [4.69, 9.17) is 5.11 Å². The van der Waals surface area contributed by atoms with Crippen LogP contribution in [0.1, 0.15) is 6.92 Å². The van der Waals surface area contributed by atoms with E-state index in [-0.39, 0.29) is 5.91 Å². The van der Waals surface area contributed by atoms with Gasteiger partial charge in [0.15, 0.2) is 0 Å². The van der Waals surface area contributed by atoms with Crippen LogP contribution < -0.4 is 4.72 Å². The molecule has 0 aliphatic rings. The van der Waals surface area contributed by atoms with Gasteiger partial charge in [0, 0.05) is 14.1 Å². The number of aliphatic hydroxyl groups is 1. The van der Waals surface area contributed by atoms with Crippen molar-refractivity contribution in [2.45, 2.75) is 13.0 Å². The third kappa shape index (κ3) is 4.54. The normalized spacial score (nSPS) is 13.7. The highest BCUT2D eigenvalue weighted by atomic mass is 32.2. The van der Waals surface area contributed by atoms with Crippen molar-refractivity contribution < 1.29 is 18.3 Å². The van der Waals surface area contributed by atoms with Crippen molar-refractivity contribution in [2.75, 3.05) is 26.5 Å². The molecule has 6 nitrogen and oxygen atoms in total. The summed E-state index contributed by atoms with van der Waals surface area (Å²) in [6.07, 6.45) is 0. The van der Waals surface area contributed by atoms with E-state index < -0.39 is 28.4 Å². The maximum absolute atomic E-state index is 11.3. The van der Waals surface area contributed by atoms with Crippen LogP contribution >= 0.6 is 0 Å². The summed E-state index contributed by atoms with van der Waals surface area (Å²) in [5.74, 6) is -0.718. The van der Waals surface area contributed by atoms with Crippen LogP contribution in [0.5, 0.6) is 0 Å². The van der Waals surface area contributed by atoms with Crippen LogP contribution in [0.25, 0.3) is 0 Å². The van der Waals surface area contributed by atoms with Crippen LogP contribution in [0.15, 0.2) is 0 Å². The highest BCUT2D eigenvalue weighted by Crippen LogP contribution is 1.93. The van der Waals surface area contributed by atoms with Gasteiger partial charge in [0.05, 0.1) is 18.4 Å². The van der Waals surface area contributed by atoms with E-state index in [1.54, 1.807) is 14.1 Å². The van der Waals surface area contributed by atoms with Crippen LogP contribution in [0.3, 0.4) is 0 Å². The standard InChI is InChI=1S/C7H16N2O4S/c1-6(7(11)9(2)3)8-14(12,13)5-4-10/h6,8,10H,4-5H2,1-3H3. The van der Waals surface area contributed by atoms with E-state index in [1.807, 2.05) is 0 Å². The highest BCUT2D eigenvalue weighted by molar-refractivity contribution is 7.89. The summed E-state index contributed by atoms with van der Waals surface area (Å²) in [7, 11) is -0.475. The first-order valence-electron chi connectivity index (χ1n) is 4.12. The number of nitrogens with zero attached hydrogens (tertiary/aromatic N) is 1. The van der Waals surface area contributed by atoms with Crippen LogP contribution in [0.4, 0.5) is 0 Å². The summed E-state index contributed by atoms with van der Waals surface area (Å²) in [6.45, 7) is 0.996. The third-order valence-corrected chi connectivity index (χ3v) is 2.96. The van der Waals surface area contributed by atoms with Gasteiger partial charge in [-0.25, -0.2) is 13.1 Å². The Hall–Kier alpha value is -0.660. The summed E-state index contributed by atoms with van der Waals surface area (Å²) >= 11 is 0. The number of sulfonamides is 1. The molecule has 1 atom stereocenters. The van der Waals surface area contributed by atoms with Gasteiger partial charge in [-0.15, -0.1) is 0 Å². The number of aliphatic hydroxyl groups excluding tert-OH is 1. The van der Waals surface area contributed by atoms with Gasteiger partial charge in [0.25, 0.3) is 0 Å². The molecule has 7 heteroatoms. The van der Waals surface area contributed by atoms with Crippen molar-refractivity contribution in [3.05, 3.63) is 0 Å². The Bertz CT molecular complexity index is 286. The van der Waals surface area contributed by atoms with Gasteiger partial charge in [-0.05, 0) is 6.92 Å². The number of amides is 1. The molecule has 84 valence electrons. The molecule has 0 saturated carbocycles. The van der Waals surface area contributed by atoms with Gasteiger partial charge >= 0.3 is 0 Å². The first-order chi connectivity index (χ1) is 6.30. The number of nitrogens with one attached hydrogen (secondary N) is 1. The lowest BCUT2D eigenvalue weighted by atomic mass is 10.3. The number of hydrogen-bond donors (Lipinski definition) is 2. The van der Waals surface area contributed by atoms with Gasteiger partial charge in [0.1, 0.15) is 0 Å². The monoisotopic (exact) mass is 224 g/mol. The molecule has 1 unspecified atom stereocenters. The number of rotatable bonds is 5. The summed E-state index contributed by atoms with van der Waals surface area (Å²) < 4.78 is 24.4. The summed E-state index contributed by atoms with van der Waals surface area (Å²) in [6, 6.07) is -0.804. The lowest BCUT2D eigenvalue weighted by molar-refractivity contribution is -0.130. The lowest BCUT2D eigenvalue weighted by Crippen LogP contribution is -2.45.